The molecule has 0 atom stereocenters. The summed E-state index contributed by atoms with van der Waals surface area (Å²) in [5, 5.41) is 11.7. The number of thioether (sulfide) groups is 1. The number of aryl methyl sites for hydroxylation is 1. The Bertz CT molecular complexity index is 1860. The van der Waals surface area contributed by atoms with Crippen LogP contribution in [-0.2, 0) is 17.3 Å². The summed E-state index contributed by atoms with van der Waals surface area (Å²) in [6, 6.07) is 12.7. The van der Waals surface area contributed by atoms with E-state index in [1.54, 1.807) is 23.1 Å². The Morgan fingerprint density at radius 2 is 1.64 bits per heavy atom. The number of aromatic nitrogens is 2. The summed E-state index contributed by atoms with van der Waals surface area (Å²) in [5.74, 6) is 0. The highest BCUT2D eigenvalue weighted by Crippen LogP contribution is 2.50. The standard InChI is InChI=1S/C39H45Cl2N4S2/c1-8-21-44-31-17-15-27(40)23-29(31)38(4,5)33(44)19-13-25-11-12-26(36(25)47-37-43-42-35(10-3)46-37)14-20-34-39(6,7)30-24-28(41)16-18-32(30)45(34)22-9-2/h13-20,23-24H,8-12,21-22H2,1-7H3/q+1. The van der Waals surface area contributed by atoms with Gasteiger partial charge in [0.05, 0.1) is 5.41 Å². The van der Waals surface area contributed by atoms with E-state index in [2.05, 4.69) is 117 Å². The van der Waals surface area contributed by atoms with Crippen LogP contribution in [0.15, 0.2) is 86.8 Å². The quantitative estimate of drug-likeness (QED) is 0.197. The zero-order chi connectivity index (χ0) is 33.5. The number of rotatable bonds is 10. The minimum absolute atomic E-state index is 0.147. The molecule has 0 saturated heterocycles. The van der Waals surface area contributed by atoms with Crippen LogP contribution >= 0.6 is 46.3 Å². The van der Waals surface area contributed by atoms with Crippen LogP contribution < -0.4 is 4.90 Å². The van der Waals surface area contributed by atoms with Crippen LogP contribution in [0.2, 0.25) is 10.0 Å². The van der Waals surface area contributed by atoms with Crippen molar-refractivity contribution in [2.24, 2.45) is 0 Å². The van der Waals surface area contributed by atoms with Gasteiger partial charge in [0.2, 0.25) is 5.69 Å². The number of anilines is 1. The molecular formula is C39H45Cl2N4S2+. The summed E-state index contributed by atoms with van der Waals surface area (Å²) in [6.07, 6.45) is 14.5. The van der Waals surface area contributed by atoms with Gasteiger partial charge in [-0.1, -0.05) is 93.1 Å². The van der Waals surface area contributed by atoms with Gasteiger partial charge < -0.3 is 4.90 Å². The van der Waals surface area contributed by atoms with E-state index in [9.17, 15) is 0 Å². The molecule has 1 aromatic heterocycles. The van der Waals surface area contributed by atoms with Crippen molar-refractivity contribution in [1.82, 2.24) is 10.2 Å². The fraction of sp³-hybridized carbons (Fsp3) is 0.410. The summed E-state index contributed by atoms with van der Waals surface area (Å²) in [6.45, 7) is 17.8. The molecule has 0 saturated carbocycles. The molecule has 47 heavy (non-hydrogen) atoms. The molecule has 0 unspecified atom stereocenters. The van der Waals surface area contributed by atoms with Crippen LogP contribution in [-0.4, -0.2) is 33.6 Å². The third-order valence-corrected chi connectivity index (χ3v) is 12.5. The monoisotopic (exact) mass is 703 g/mol. The first-order valence-electron chi connectivity index (χ1n) is 16.8. The molecule has 0 radical (unpaired) electrons. The minimum atomic E-state index is -0.147. The van der Waals surface area contributed by atoms with Gasteiger partial charge in [0.1, 0.15) is 11.6 Å². The molecule has 0 bridgehead atoms. The maximum atomic E-state index is 6.50. The third kappa shape index (κ3) is 6.44. The number of allylic oxidation sites excluding steroid dienone is 7. The van der Waals surface area contributed by atoms with Crippen molar-refractivity contribution in [3.8, 4) is 0 Å². The summed E-state index contributed by atoms with van der Waals surface area (Å²) >= 11 is 16.5. The molecule has 3 aliphatic rings. The van der Waals surface area contributed by atoms with Gasteiger partial charge in [-0.3, -0.25) is 0 Å². The van der Waals surface area contributed by atoms with E-state index in [4.69, 9.17) is 23.2 Å². The van der Waals surface area contributed by atoms with Gasteiger partial charge >= 0.3 is 0 Å². The van der Waals surface area contributed by atoms with Crippen LogP contribution in [0.3, 0.4) is 0 Å². The first kappa shape index (κ1) is 34.2. The lowest BCUT2D eigenvalue weighted by molar-refractivity contribution is -0.437. The number of nitrogens with zero attached hydrogens (tertiary/aromatic N) is 4. The summed E-state index contributed by atoms with van der Waals surface area (Å²) in [5.41, 5.74) is 10.2. The van der Waals surface area contributed by atoms with Crippen molar-refractivity contribution in [1.29, 1.82) is 0 Å². The summed E-state index contributed by atoms with van der Waals surface area (Å²) < 4.78 is 3.49. The SMILES string of the molecule is CCCN1/C(=C/C=C2\CCC(/C=C/C3=[N+](CCC)c4ccc(Cl)cc4C3(C)C)=C2Sc2nnc(CC)s2)C(C)(C)c2cc(Cl)ccc21. The van der Waals surface area contributed by atoms with Crippen molar-refractivity contribution in [2.45, 2.75) is 95.7 Å². The number of hydrogen-bond acceptors (Lipinski definition) is 5. The van der Waals surface area contributed by atoms with Gasteiger partial charge in [-0.2, -0.15) is 4.58 Å². The van der Waals surface area contributed by atoms with E-state index in [1.807, 2.05) is 12.1 Å². The highest BCUT2D eigenvalue weighted by Gasteiger charge is 2.44. The Morgan fingerprint density at radius 3 is 2.34 bits per heavy atom. The van der Waals surface area contributed by atoms with Crippen LogP contribution in [0.4, 0.5) is 11.4 Å². The van der Waals surface area contributed by atoms with Crippen LogP contribution in [0.5, 0.6) is 0 Å². The lowest BCUT2D eigenvalue weighted by atomic mass is 9.81. The van der Waals surface area contributed by atoms with Crippen LogP contribution in [0.25, 0.3) is 0 Å². The lowest BCUT2D eigenvalue weighted by Crippen LogP contribution is -2.27. The Kier molecular flexibility index (Phi) is 9.98. The van der Waals surface area contributed by atoms with Gasteiger partial charge in [0.25, 0.3) is 0 Å². The van der Waals surface area contributed by atoms with Gasteiger partial charge in [-0.25, -0.2) is 0 Å². The maximum absolute atomic E-state index is 6.50. The van der Waals surface area contributed by atoms with E-state index >= 15 is 0 Å². The van der Waals surface area contributed by atoms with Crippen molar-refractivity contribution < 1.29 is 4.58 Å². The van der Waals surface area contributed by atoms with E-state index < -0.39 is 0 Å². The van der Waals surface area contributed by atoms with E-state index in [0.29, 0.717) is 0 Å². The molecule has 3 aromatic rings. The Morgan fingerprint density at radius 1 is 0.894 bits per heavy atom. The second kappa shape index (κ2) is 13.7. The smallest absolute Gasteiger partial charge is 0.209 e. The topological polar surface area (TPSA) is 32.0 Å². The molecule has 0 fully saturated rings. The van der Waals surface area contributed by atoms with Crippen LogP contribution in [0.1, 0.15) is 90.3 Å². The Labute approximate surface area is 299 Å². The molecule has 0 N–H and O–H groups in total. The zero-order valence-electron chi connectivity index (χ0n) is 28.6. The first-order valence-corrected chi connectivity index (χ1v) is 19.2. The Hall–Kier alpha value is -2.64. The molecule has 3 heterocycles. The van der Waals surface area contributed by atoms with E-state index in [1.165, 1.54) is 50.0 Å². The maximum Gasteiger partial charge on any atom is 0.209 e. The van der Waals surface area contributed by atoms with Gasteiger partial charge in [0, 0.05) is 62.4 Å². The molecule has 2 aromatic carbocycles. The number of fused-ring (bicyclic) bond motifs is 2. The van der Waals surface area contributed by atoms with Gasteiger partial charge in [-0.05, 0) is 92.6 Å². The molecule has 2 aliphatic heterocycles. The molecule has 0 amide bonds. The largest absolute Gasteiger partial charge is 0.344 e. The van der Waals surface area contributed by atoms with Crippen molar-refractivity contribution in [2.75, 3.05) is 18.0 Å². The van der Waals surface area contributed by atoms with Crippen LogP contribution in [0, 0.1) is 0 Å². The second-order valence-electron chi connectivity index (χ2n) is 13.6. The average molecular weight is 705 g/mol. The predicted octanol–water partition coefficient (Wildman–Crippen LogP) is 11.6. The fourth-order valence-electron chi connectivity index (χ4n) is 7.24. The highest BCUT2D eigenvalue weighted by molar-refractivity contribution is 8.04. The average Bonchev–Trinajstić information content (AvgIpc) is 3.75. The van der Waals surface area contributed by atoms with Crippen molar-refractivity contribution >= 4 is 63.4 Å². The zero-order valence-corrected chi connectivity index (χ0v) is 31.7. The molecule has 0 spiro atoms. The second-order valence-corrected chi connectivity index (χ2v) is 16.8. The molecule has 1 aliphatic carbocycles. The van der Waals surface area contributed by atoms with Gasteiger partial charge in [0.15, 0.2) is 10.1 Å². The normalized spacial score (nSPS) is 20.1. The molecule has 246 valence electrons. The first-order chi connectivity index (χ1) is 22.5. The lowest BCUT2D eigenvalue weighted by Gasteiger charge is -2.26. The summed E-state index contributed by atoms with van der Waals surface area (Å²) in [7, 11) is 0. The Balaban J connectivity index is 1.42. The third-order valence-electron chi connectivity index (χ3n) is 9.67. The molecule has 6 rings (SSSR count). The predicted molar refractivity (Wildman–Crippen MR) is 203 cm³/mol. The fourth-order valence-corrected chi connectivity index (χ4v) is 9.66. The molecular weight excluding hydrogens is 659 g/mol. The number of benzene rings is 2. The molecule has 4 nitrogen and oxygen atoms in total. The number of hydrogen-bond donors (Lipinski definition) is 0. The van der Waals surface area contributed by atoms with E-state index in [-0.39, 0.29) is 10.8 Å². The van der Waals surface area contributed by atoms with Crippen molar-refractivity contribution in [3.63, 3.8) is 0 Å². The molecule has 8 heteroatoms. The minimum Gasteiger partial charge on any atom is -0.344 e. The van der Waals surface area contributed by atoms with Crippen molar-refractivity contribution in [3.05, 3.63) is 109 Å². The highest BCUT2D eigenvalue weighted by atomic mass is 35.5. The van der Waals surface area contributed by atoms with Gasteiger partial charge in [-0.15, -0.1) is 10.2 Å². The summed E-state index contributed by atoms with van der Waals surface area (Å²) in [4.78, 5) is 3.78. The number of halogens is 2. The van der Waals surface area contributed by atoms with E-state index in [0.717, 1.165) is 64.6 Å².